The first-order valence-corrected chi connectivity index (χ1v) is 4.50. The van der Waals surface area contributed by atoms with Crippen LogP contribution in [0.1, 0.15) is 13.3 Å². The fourth-order valence-electron chi connectivity index (χ4n) is 0.663. The Morgan fingerprint density at radius 1 is 1.50 bits per heavy atom. The van der Waals surface area contributed by atoms with Crippen molar-refractivity contribution in [1.29, 1.82) is 0 Å². The molecule has 0 unspecified atom stereocenters. The SMILES string of the molecule is CC[N+](Cl)=C=NCCCN(C)C. The second-order valence-corrected chi connectivity index (χ2v) is 3.23. The first-order chi connectivity index (χ1) is 5.66. The zero-order valence-electron chi connectivity index (χ0n) is 8.05. The summed E-state index contributed by atoms with van der Waals surface area (Å²) in [5, 5.41) is 0. The summed E-state index contributed by atoms with van der Waals surface area (Å²) < 4.78 is 1.43. The molecule has 0 aliphatic heterocycles. The van der Waals surface area contributed by atoms with Crippen molar-refractivity contribution in [2.45, 2.75) is 13.3 Å². The summed E-state index contributed by atoms with van der Waals surface area (Å²) in [6.45, 7) is 4.54. The van der Waals surface area contributed by atoms with Crippen LogP contribution in [0.4, 0.5) is 0 Å². The van der Waals surface area contributed by atoms with Crippen molar-refractivity contribution in [3.05, 3.63) is 0 Å². The van der Waals surface area contributed by atoms with E-state index in [4.69, 9.17) is 11.8 Å². The summed E-state index contributed by atoms with van der Waals surface area (Å²) in [4.78, 5) is 6.16. The van der Waals surface area contributed by atoms with E-state index in [0.29, 0.717) is 0 Å². The smallest absolute Gasteiger partial charge is 0.309 e. The summed E-state index contributed by atoms with van der Waals surface area (Å²) in [6.07, 6.45) is 1.05. The average molecular weight is 191 g/mol. The molecule has 0 aliphatic carbocycles. The van der Waals surface area contributed by atoms with E-state index in [1.165, 1.54) is 4.09 Å². The molecule has 0 fully saturated rings. The van der Waals surface area contributed by atoms with Gasteiger partial charge in [0.25, 0.3) is 0 Å². The van der Waals surface area contributed by atoms with E-state index >= 15 is 0 Å². The van der Waals surface area contributed by atoms with Crippen LogP contribution in [-0.2, 0) is 0 Å². The minimum Gasteiger partial charge on any atom is -0.309 e. The third kappa shape index (κ3) is 7.73. The van der Waals surface area contributed by atoms with Gasteiger partial charge in [0.15, 0.2) is 0 Å². The summed E-state index contributed by atoms with van der Waals surface area (Å²) in [6, 6.07) is 2.71. The molecule has 0 saturated heterocycles. The fraction of sp³-hybridized carbons (Fsp3) is 0.875. The van der Waals surface area contributed by atoms with E-state index in [1.54, 1.807) is 0 Å². The highest BCUT2D eigenvalue weighted by Crippen LogP contribution is 1.83. The Balaban J connectivity index is 3.48. The molecule has 0 radical (unpaired) electrons. The standard InChI is InChI=1S/C8H17ClN3/c1-4-12(9)8-10-6-5-7-11(2)3/h4-7H2,1-3H3/q+1. The molecule has 3 nitrogen and oxygen atoms in total. The molecule has 0 bridgehead atoms. The lowest BCUT2D eigenvalue weighted by Crippen LogP contribution is -2.13. The molecule has 0 aromatic rings. The number of hydrogen-bond donors (Lipinski definition) is 0. The molecule has 0 amide bonds. The second kappa shape index (κ2) is 7.29. The third-order valence-corrected chi connectivity index (χ3v) is 1.65. The minimum atomic E-state index is 0.735. The zero-order valence-corrected chi connectivity index (χ0v) is 8.80. The van der Waals surface area contributed by atoms with Crippen molar-refractivity contribution in [2.75, 3.05) is 33.7 Å². The lowest BCUT2D eigenvalue weighted by molar-refractivity contribution is -0.359. The summed E-state index contributed by atoms with van der Waals surface area (Å²) >= 11 is 5.62. The van der Waals surface area contributed by atoms with Gasteiger partial charge in [-0.05, 0) is 26.0 Å². The van der Waals surface area contributed by atoms with Gasteiger partial charge in [0.1, 0.15) is 24.9 Å². The molecule has 0 aromatic carbocycles. The molecular formula is C8H17ClN3+. The van der Waals surface area contributed by atoms with Gasteiger partial charge in [0.05, 0.1) is 0 Å². The Morgan fingerprint density at radius 2 is 2.17 bits per heavy atom. The molecule has 0 saturated carbocycles. The first-order valence-electron chi connectivity index (χ1n) is 4.17. The molecule has 0 heterocycles. The highest BCUT2D eigenvalue weighted by atomic mass is 35.5. The van der Waals surface area contributed by atoms with Crippen LogP contribution < -0.4 is 0 Å². The van der Waals surface area contributed by atoms with Gasteiger partial charge < -0.3 is 4.90 Å². The molecule has 0 aromatic heterocycles. The monoisotopic (exact) mass is 190 g/mol. The normalized spacial score (nSPS) is 9.75. The second-order valence-electron chi connectivity index (χ2n) is 2.82. The zero-order chi connectivity index (χ0) is 9.40. The van der Waals surface area contributed by atoms with Gasteiger partial charge in [0, 0.05) is 13.0 Å². The molecule has 0 aliphatic rings. The van der Waals surface area contributed by atoms with Crippen molar-refractivity contribution >= 4 is 17.8 Å². The summed E-state index contributed by atoms with van der Waals surface area (Å²) in [5.74, 6) is 0. The van der Waals surface area contributed by atoms with Crippen molar-refractivity contribution in [1.82, 2.24) is 4.90 Å². The number of nitrogens with zero attached hydrogens (tertiary/aromatic N) is 3. The van der Waals surface area contributed by atoms with Crippen LogP contribution in [0.2, 0.25) is 0 Å². The van der Waals surface area contributed by atoms with Gasteiger partial charge in [-0.2, -0.15) is 0 Å². The molecule has 0 N–H and O–H groups in total. The fourth-order valence-corrected chi connectivity index (χ4v) is 0.717. The summed E-state index contributed by atoms with van der Waals surface area (Å²) in [5.41, 5.74) is 0. The largest absolute Gasteiger partial charge is 0.325 e. The average Bonchev–Trinajstić information content (AvgIpc) is 2.03. The molecule has 0 atom stereocenters. The Hall–Kier alpha value is -0.370. The maximum atomic E-state index is 5.62. The Kier molecular flexibility index (Phi) is 7.06. The van der Waals surface area contributed by atoms with Gasteiger partial charge in [0.2, 0.25) is 0 Å². The van der Waals surface area contributed by atoms with Crippen LogP contribution in [0.5, 0.6) is 0 Å². The first kappa shape index (κ1) is 11.6. The van der Waals surface area contributed by atoms with Gasteiger partial charge in [-0.1, -0.05) is 0 Å². The summed E-state index contributed by atoms with van der Waals surface area (Å²) in [7, 11) is 4.10. The molecular weight excluding hydrogens is 174 g/mol. The van der Waals surface area contributed by atoms with Crippen LogP contribution in [0.15, 0.2) is 4.99 Å². The van der Waals surface area contributed by atoms with Gasteiger partial charge in [-0.3, -0.25) is 0 Å². The van der Waals surface area contributed by atoms with E-state index in [1.807, 2.05) is 21.0 Å². The van der Waals surface area contributed by atoms with Crippen LogP contribution >= 0.6 is 11.8 Å². The Morgan fingerprint density at radius 3 is 2.67 bits per heavy atom. The van der Waals surface area contributed by atoms with E-state index in [2.05, 4.69) is 15.9 Å². The molecule has 12 heavy (non-hydrogen) atoms. The molecule has 0 spiro atoms. The number of hydrogen-bond acceptors (Lipinski definition) is 2. The highest BCUT2D eigenvalue weighted by Gasteiger charge is 1.92. The quantitative estimate of drug-likeness (QED) is 0.363. The van der Waals surface area contributed by atoms with Gasteiger partial charge in [-0.25, -0.2) is 0 Å². The maximum Gasteiger partial charge on any atom is 0.325 e. The Bertz CT molecular complexity index is 171. The molecule has 4 heteroatoms. The van der Waals surface area contributed by atoms with Crippen molar-refractivity contribution < 1.29 is 4.09 Å². The highest BCUT2D eigenvalue weighted by molar-refractivity contribution is 6.06. The predicted octanol–water partition coefficient (Wildman–Crippen LogP) is 1.30. The molecule has 70 valence electrons. The van der Waals surface area contributed by atoms with Crippen LogP contribution in [0.25, 0.3) is 0 Å². The van der Waals surface area contributed by atoms with Gasteiger partial charge in [-0.15, -0.1) is 4.09 Å². The van der Waals surface area contributed by atoms with Crippen LogP contribution in [-0.4, -0.2) is 48.7 Å². The number of aliphatic imine (C=N–C) groups is 1. The lowest BCUT2D eigenvalue weighted by atomic mass is 10.4. The van der Waals surface area contributed by atoms with Crippen LogP contribution in [0, 0.1) is 0 Å². The van der Waals surface area contributed by atoms with E-state index in [0.717, 1.165) is 26.1 Å². The topological polar surface area (TPSA) is 18.6 Å². The van der Waals surface area contributed by atoms with E-state index in [9.17, 15) is 0 Å². The maximum absolute atomic E-state index is 5.62. The van der Waals surface area contributed by atoms with E-state index < -0.39 is 0 Å². The minimum absolute atomic E-state index is 0.735. The predicted molar refractivity (Wildman–Crippen MR) is 52.1 cm³/mol. The van der Waals surface area contributed by atoms with Crippen molar-refractivity contribution in [3.8, 4) is 0 Å². The number of rotatable bonds is 5. The van der Waals surface area contributed by atoms with E-state index in [-0.39, 0.29) is 0 Å². The van der Waals surface area contributed by atoms with Crippen LogP contribution in [0.3, 0.4) is 0 Å². The van der Waals surface area contributed by atoms with Gasteiger partial charge >= 0.3 is 6.01 Å². The lowest BCUT2D eigenvalue weighted by Gasteiger charge is -2.04. The van der Waals surface area contributed by atoms with Crippen molar-refractivity contribution in [3.63, 3.8) is 0 Å². The Labute approximate surface area is 79.5 Å². The van der Waals surface area contributed by atoms with Crippen molar-refractivity contribution in [2.24, 2.45) is 4.99 Å². The third-order valence-electron chi connectivity index (χ3n) is 1.33. The molecule has 0 rings (SSSR count). The number of halogens is 1.